The molecule has 0 aliphatic rings. The minimum absolute atomic E-state index is 0.331. The number of urea groups is 1. The van der Waals surface area contributed by atoms with E-state index in [0.717, 1.165) is 21.5 Å². The van der Waals surface area contributed by atoms with Gasteiger partial charge in [-0.25, -0.2) is 4.79 Å². The number of aromatic amines is 2. The molecule has 1 unspecified atom stereocenters. The predicted octanol–water partition coefficient (Wildman–Crippen LogP) is 4.16. The highest BCUT2D eigenvalue weighted by molar-refractivity contribution is 7.71. The zero-order valence-electron chi connectivity index (χ0n) is 13.2. The van der Waals surface area contributed by atoms with E-state index in [2.05, 4.69) is 9.97 Å². The SMILES string of the molecule is CC(c1ccc2[nH]c(=S)[nH]c2c1)N(C(N)=O)C(=O)c1ccc(Cl)cc1. The molecular formula is C17H15ClN4O2S. The molecule has 0 saturated carbocycles. The fourth-order valence-corrected chi connectivity index (χ4v) is 3.00. The van der Waals surface area contributed by atoms with Gasteiger partial charge in [-0.2, -0.15) is 0 Å². The third kappa shape index (κ3) is 3.42. The number of primary amides is 1. The molecule has 3 rings (SSSR count). The van der Waals surface area contributed by atoms with Gasteiger partial charge in [0.05, 0.1) is 17.1 Å². The van der Waals surface area contributed by atoms with Crippen molar-refractivity contribution in [2.45, 2.75) is 13.0 Å². The van der Waals surface area contributed by atoms with Crippen molar-refractivity contribution in [1.29, 1.82) is 0 Å². The number of nitrogens with zero attached hydrogens (tertiary/aromatic N) is 1. The van der Waals surface area contributed by atoms with Crippen molar-refractivity contribution < 1.29 is 9.59 Å². The Morgan fingerprint density at radius 1 is 1.12 bits per heavy atom. The summed E-state index contributed by atoms with van der Waals surface area (Å²) < 4.78 is 0.504. The van der Waals surface area contributed by atoms with Crippen molar-refractivity contribution in [2.75, 3.05) is 0 Å². The average molecular weight is 375 g/mol. The molecule has 2 aromatic carbocycles. The van der Waals surface area contributed by atoms with Crippen LogP contribution in [-0.2, 0) is 0 Å². The number of nitrogens with two attached hydrogens (primary N) is 1. The van der Waals surface area contributed by atoms with Gasteiger partial charge in [0, 0.05) is 10.6 Å². The minimum Gasteiger partial charge on any atom is -0.351 e. The van der Waals surface area contributed by atoms with E-state index in [1.807, 2.05) is 18.2 Å². The van der Waals surface area contributed by atoms with Crippen molar-refractivity contribution in [3.05, 3.63) is 63.4 Å². The number of fused-ring (bicyclic) bond motifs is 1. The topological polar surface area (TPSA) is 95.0 Å². The van der Waals surface area contributed by atoms with Crippen molar-refractivity contribution in [1.82, 2.24) is 14.9 Å². The first kappa shape index (κ1) is 17.2. The number of rotatable bonds is 3. The number of hydrogen-bond acceptors (Lipinski definition) is 3. The molecule has 128 valence electrons. The molecule has 1 aromatic heterocycles. The number of halogens is 1. The summed E-state index contributed by atoms with van der Waals surface area (Å²) in [5, 5.41) is 0.503. The van der Waals surface area contributed by atoms with Crippen molar-refractivity contribution in [2.24, 2.45) is 5.73 Å². The number of H-pyrrole nitrogens is 2. The Morgan fingerprint density at radius 2 is 1.76 bits per heavy atom. The van der Waals surface area contributed by atoms with Crippen LogP contribution in [0.4, 0.5) is 4.79 Å². The maximum Gasteiger partial charge on any atom is 0.322 e. The highest BCUT2D eigenvalue weighted by Crippen LogP contribution is 2.25. The van der Waals surface area contributed by atoms with E-state index in [4.69, 9.17) is 29.6 Å². The zero-order valence-corrected chi connectivity index (χ0v) is 14.8. The first-order valence-electron chi connectivity index (χ1n) is 7.47. The molecular weight excluding hydrogens is 360 g/mol. The van der Waals surface area contributed by atoms with Crippen LogP contribution >= 0.6 is 23.8 Å². The summed E-state index contributed by atoms with van der Waals surface area (Å²) in [7, 11) is 0. The average Bonchev–Trinajstić information content (AvgIpc) is 2.94. The van der Waals surface area contributed by atoms with Gasteiger partial charge in [0.15, 0.2) is 4.77 Å². The molecule has 3 aromatic rings. The maximum atomic E-state index is 12.7. The molecule has 4 N–H and O–H groups in total. The molecule has 0 aliphatic heterocycles. The van der Waals surface area contributed by atoms with Crippen LogP contribution in [0.25, 0.3) is 11.0 Å². The molecule has 0 fully saturated rings. The molecule has 8 heteroatoms. The summed E-state index contributed by atoms with van der Waals surface area (Å²) in [6.07, 6.45) is 0. The Bertz CT molecular complexity index is 1010. The summed E-state index contributed by atoms with van der Waals surface area (Å²) >= 11 is 10.9. The van der Waals surface area contributed by atoms with Crippen molar-refractivity contribution in [3.8, 4) is 0 Å². The molecule has 0 radical (unpaired) electrons. The Kier molecular flexibility index (Phi) is 4.61. The van der Waals surface area contributed by atoms with Crippen LogP contribution < -0.4 is 5.73 Å². The molecule has 25 heavy (non-hydrogen) atoms. The normalized spacial score (nSPS) is 12.1. The predicted molar refractivity (Wildman–Crippen MR) is 99.1 cm³/mol. The molecule has 0 saturated heterocycles. The van der Waals surface area contributed by atoms with Gasteiger partial charge in [0.1, 0.15) is 0 Å². The third-order valence-electron chi connectivity index (χ3n) is 3.96. The van der Waals surface area contributed by atoms with Gasteiger partial charge in [-0.15, -0.1) is 0 Å². The van der Waals surface area contributed by atoms with Crippen LogP contribution in [0.1, 0.15) is 28.9 Å². The lowest BCUT2D eigenvalue weighted by atomic mass is 10.0. The Hall–Kier alpha value is -2.64. The molecule has 1 atom stereocenters. The van der Waals surface area contributed by atoms with Crippen molar-refractivity contribution >= 4 is 46.8 Å². The third-order valence-corrected chi connectivity index (χ3v) is 4.41. The Balaban J connectivity index is 1.98. The summed E-state index contributed by atoms with van der Waals surface area (Å²) in [4.78, 5) is 31.7. The molecule has 6 nitrogen and oxygen atoms in total. The number of imidazole rings is 1. The lowest BCUT2D eigenvalue weighted by Crippen LogP contribution is -2.42. The van der Waals surface area contributed by atoms with Crippen LogP contribution in [0, 0.1) is 4.77 Å². The van der Waals surface area contributed by atoms with E-state index >= 15 is 0 Å². The molecule has 3 amide bonds. The second kappa shape index (κ2) is 6.70. The van der Waals surface area contributed by atoms with Crippen molar-refractivity contribution in [3.63, 3.8) is 0 Å². The second-order valence-corrected chi connectivity index (χ2v) is 6.43. The van der Waals surface area contributed by atoms with Gasteiger partial charge in [0.2, 0.25) is 0 Å². The lowest BCUT2D eigenvalue weighted by molar-refractivity contribution is 0.0761. The van der Waals surface area contributed by atoms with Crippen LogP contribution in [0.3, 0.4) is 0 Å². The monoisotopic (exact) mass is 374 g/mol. The molecule has 0 spiro atoms. The first-order valence-corrected chi connectivity index (χ1v) is 8.26. The summed E-state index contributed by atoms with van der Waals surface area (Å²) in [5.41, 5.74) is 8.18. The van der Waals surface area contributed by atoms with E-state index in [-0.39, 0.29) is 0 Å². The summed E-state index contributed by atoms with van der Waals surface area (Å²) in [5.74, 6) is -0.487. The van der Waals surface area contributed by atoms with E-state index in [9.17, 15) is 9.59 Å². The number of imide groups is 1. The fraction of sp³-hybridized carbons (Fsp3) is 0.118. The number of benzene rings is 2. The van der Waals surface area contributed by atoms with Gasteiger partial charge < -0.3 is 15.7 Å². The fourth-order valence-electron chi connectivity index (χ4n) is 2.66. The molecule has 1 heterocycles. The Labute approximate surface area is 153 Å². The largest absolute Gasteiger partial charge is 0.351 e. The van der Waals surface area contributed by atoms with Gasteiger partial charge in [-0.05, 0) is 61.1 Å². The summed E-state index contributed by atoms with van der Waals surface area (Å²) in [6.45, 7) is 1.74. The van der Waals surface area contributed by atoms with E-state index in [1.165, 1.54) is 0 Å². The van der Waals surface area contributed by atoms with Crippen LogP contribution in [-0.4, -0.2) is 26.8 Å². The first-order chi connectivity index (χ1) is 11.9. The second-order valence-electron chi connectivity index (χ2n) is 5.58. The standard InChI is InChI=1S/C17H15ClN4O2S/c1-9(11-4-7-13-14(8-11)21-17(25)20-13)22(16(19)24)15(23)10-2-5-12(18)6-3-10/h2-9H,1H3,(H2,19,24)(H2,20,21,25). The van der Waals surface area contributed by atoms with Gasteiger partial charge in [0.25, 0.3) is 5.91 Å². The number of aromatic nitrogens is 2. The molecule has 0 aliphatic carbocycles. The Morgan fingerprint density at radius 3 is 2.40 bits per heavy atom. The number of carbonyl (C=O) groups excluding carboxylic acids is 2. The van der Waals surface area contributed by atoms with Crippen LogP contribution in [0.5, 0.6) is 0 Å². The number of nitrogens with one attached hydrogen (secondary N) is 2. The number of hydrogen-bond donors (Lipinski definition) is 3. The van der Waals surface area contributed by atoms with Crippen LogP contribution in [0.15, 0.2) is 42.5 Å². The van der Waals surface area contributed by atoms with Gasteiger partial charge in [-0.1, -0.05) is 17.7 Å². The van der Waals surface area contributed by atoms with E-state index in [1.54, 1.807) is 31.2 Å². The number of amides is 3. The van der Waals surface area contributed by atoms with E-state index < -0.39 is 18.0 Å². The summed E-state index contributed by atoms with van der Waals surface area (Å²) in [6, 6.07) is 10.4. The highest BCUT2D eigenvalue weighted by Gasteiger charge is 2.27. The van der Waals surface area contributed by atoms with Gasteiger partial charge >= 0.3 is 6.03 Å². The van der Waals surface area contributed by atoms with Crippen LogP contribution in [0.2, 0.25) is 5.02 Å². The number of carbonyl (C=O) groups is 2. The minimum atomic E-state index is -0.824. The van der Waals surface area contributed by atoms with E-state index in [0.29, 0.717) is 15.4 Å². The molecule has 0 bridgehead atoms. The quantitative estimate of drug-likeness (QED) is 0.600. The lowest BCUT2D eigenvalue weighted by Gasteiger charge is -2.26. The van der Waals surface area contributed by atoms with Gasteiger partial charge in [-0.3, -0.25) is 9.69 Å². The highest BCUT2D eigenvalue weighted by atomic mass is 35.5. The maximum absolute atomic E-state index is 12.7. The smallest absolute Gasteiger partial charge is 0.322 e. The zero-order chi connectivity index (χ0) is 18.1.